The number of rotatable bonds is 11. The SMILES string of the molecule is CN(C)c1nc(NC2CCC(NCCc3ccccc3CNc3ccc(OC(F)(F)F)cc3)CC2)nc2ccccc12. The molecule has 42 heavy (non-hydrogen) atoms. The standard InChI is InChI=1S/C32H37F3N6O/c1-41(2)30-28-9-5-6-10-29(28)39-31(40-30)38-26-13-11-24(12-14-26)36-20-19-22-7-3-4-8-23(22)21-37-25-15-17-27(18-16-25)42-32(33,34)35/h3-10,15-18,24,26,36-37H,11-14,19-21H2,1-2H3,(H,38,39,40). The Hall–Kier alpha value is -4.05. The number of fused-ring (bicyclic) bond motifs is 1. The van der Waals surface area contributed by atoms with Crippen molar-refractivity contribution in [3.05, 3.63) is 83.9 Å². The van der Waals surface area contributed by atoms with Crippen molar-refractivity contribution >= 4 is 28.4 Å². The Labute approximate surface area is 244 Å². The quantitative estimate of drug-likeness (QED) is 0.182. The van der Waals surface area contributed by atoms with Gasteiger partial charge < -0.3 is 25.6 Å². The van der Waals surface area contributed by atoms with Gasteiger partial charge in [0.25, 0.3) is 0 Å². The molecule has 0 saturated heterocycles. The van der Waals surface area contributed by atoms with E-state index in [-0.39, 0.29) is 5.75 Å². The van der Waals surface area contributed by atoms with E-state index in [4.69, 9.17) is 9.97 Å². The molecule has 222 valence electrons. The van der Waals surface area contributed by atoms with E-state index in [1.54, 1.807) is 12.1 Å². The molecule has 0 unspecified atom stereocenters. The summed E-state index contributed by atoms with van der Waals surface area (Å²) in [7, 11) is 4.01. The van der Waals surface area contributed by atoms with Gasteiger partial charge in [-0.25, -0.2) is 4.98 Å². The average molecular weight is 579 g/mol. The Morgan fingerprint density at radius 1 is 0.833 bits per heavy atom. The van der Waals surface area contributed by atoms with Gasteiger partial charge in [0, 0.05) is 43.8 Å². The molecule has 10 heteroatoms. The molecule has 0 amide bonds. The van der Waals surface area contributed by atoms with Gasteiger partial charge in [-0.2, -0.15) is 4.98 Å². The summed E-state index contributed by atoms with van der Waals surface area (Å²) in [6.07, 6.45) is 0.483. The van der Waals surface area contributed by atoms with Crippen molar-refractivity contribution in [2.75, 3.05) is 36.2 Å². The first-order valence-electron chi connectivity index (χ1n) is 14.3. The van der Waals surface area contributed by atoms with Crippen LogP contribution in [0.4, 0.5) is 30.6 Å². The third kappa shape index (κ3) is 8.03. The summed E-state index contributed by atoms with van der Waals surface area (Å²) in [4.78, 5) is 11.6. The Balaban J connectivity index is 1.07. The lowest BCUT2D eigenvalue weighted by atomic mass is 9.91. The largest absolute Gasteiger partial charge is 0.573 e. The Bertz CT molecular complexity index is 1450. The van der Waals surface area contributed by atoms with Crippen LogP contribution in [-0.4, -0.2) is 49.1 Å². The zero-order valence-electron chi connectivity index (χ0n) is 23.9. The van der Waals surface area contributed by atoms with E-state index >= 15 is 0 Å². The number of para-hydroxylation sites is 1. The number of anilines is 3. The predicted octanol–water partition coefficient (Wildman–Crippen LogP) is 6.76. The van der Waals surface area contributed by atoms with Gasteiger partial charge in [0.05, 0.1) is 5.52 Å². The molecule has 1 aliphatic rings. The molecular weight excluding hydrogens is 541 g/mol. The number of nitrogens with one attached hydrogen (secondary N) is 3. The lowest BCUT2D eigenvalue weighted by Gasteiger charge is -2.30. The molecule has 7 nitrogen and oxygen atoms in total. The van der Waals surface area contributed by atoms with Crippen LogP contribution in [0, 0.1) is 0 Å². The number of nitrogens with zero attached hydrogens (tertiary/aromatic N) is 3. The first-order chi connectivity index (χ1) is 20.2. The Morgan fingerprint density at radius 3 is 2.21 bits per heavy atom. The highest BCUT2D eigenvalue weighted by Crippen LogP contribution is 2.27. The summed E-state index contributed by atoms with van der Waals surface area (Å²) in [6, 6.07) is 23.0. The molecule has 0 bridgehead atoms. The monoisotopic (exact) mass is 578 g/mol. The topological polar surface area (TPSA) is 74.3 Å². The van der Waals surface area contributed by atoms with Gasteiger partial charge in [0.2, 0.25) is 5.95 Å². The van der Waals surface area contributed by atoms with Gasteiger partial charge in [-0.15, -0.1) is 13.2 Å². The molecule has 4 aromatic rings. The molecule has 1 fully saturated rings. The van der Waals surface area contributed by atoms with E-state index in [2.05, 4.69) is 38.9 Å². The number of ether oxygens (including phenoxy) is 1. The number of aromatic nitrogens is 2. The van der Waals surface area contributed by atoms with Crippen LogP contribution in [0.15, 0.2) is 72.8 Å². The lowest BCUT2D eigenvalue weighted by Crippen LogP contribution is -2.38. The number of hydrogen-bond donors (Lipinski definition) is 3. The summed E-state index contributed by atoms with van der Waals surface area (Å²) in [6.45, 7) is 1.46. The molecule has 0 spiro atoms. The molecule has 1 saturated carbocycles. The van der Waals surface area contributed by atoms with Crippen molar-refractivity contribution in [1.82, 2.24) is 15.3 Å². The fraction of sp³-hybridized carbons (Fsp3) is 0.375. The second kappa shape index (κ2) is 13.3. The highest BCUT2D eigenvalue weighted by molar-refractivity contribution is 5.90. The van der Waals surface area contributed by atoms with Crippen LogP contribution in [-0.2, 0) is 13.0 Å². The van der Waals surface area contributed by atoms with Crippen molar-refractivity contribution in [3.8, 4) is 5.75 Å². The number of alkyl halides is 3. The maximum absolute atomic E-state index is 12.4. The maximum Gasteiger partial charge on any atom is 0.573 e. The smallest absolute Gasteiger partial charge is 0.406 e. The molecule has 3 aromatic carbocycles. The van der Waals surface area contributed by atoms with E-state index < -0.39 is 6.36 Å². The molecule has 1 heterocycles. The van der Waals surface area contributed by atoms with Crippen molar-refractivity contribution in [2.24, 2.45) is 0 Å². The first kappa shape index (κ1) is 29.4. The summed E-state index contributed by atoms with van der Waals surface area (Å²) < 4.78 is 41.1. The highest BCUT2D eigenvalue weighted by Gasteiger charge is 2.31. The molecular formula is C32H37F3N6O. The van der Waals surface area contributed by atoms with Gasteiger partial charge in [-0.05, 0) is 86.2 Å². The molecule has 1 aromatic heterocycles. The van der Waals surface area contributed by atoms with Gasteiger partial charge in [0.15, 0.2) is 0 Å². The van der Waals surface area contributed by atoms with Crippen molar-refractivity contribution in [2.45, 2.75) is 57.1 Å². The molecule has 0 atom stereocenters. The molecule has 5 rings (SSSR count). The van der Waals surface area contributed by atoms with Crippen molar-refractivity contribution in [1.29, 1.82) is 0 Å². The van der Waals surface area contributed by atoms with Crippen LogP contribution in [0.25, 0.3) is 10.9 Å². The van der Waals surface area contributed by atoms with Crippen LogP contribution in [0.5, 0.6) is 5.75 Å². The van der Waals surface area contributed by atoms with Gasteiger partial charge in [-0.3, -0.25) is 0 Å². The minimum Gasteiger partial charge on any atom is -0.406 e. The fourth-order valence-electron chi connectivity index (χ4n) is 5.45. The number of halogens is 3. The molecule has 3 N–H and O–H groups in total. The van der Waals surface area contributed by atoms with E-state index in [9.17, 15) is 13.2 Å². The first-order valence-corrected chi connectivity index (χ1v) is 14.3. The van der Waals surface area contributed by atoms with Gasteiger partial charge in [-0.1, -0.05) is 36.4 Å². The number of benzene rings is 3. The number of hydrogen-bond acceptors (Lipinski definition) is 7. The lowest BCUT2D eigenvalue weighted by molar-refractivity contribution is -0.274. The molecule has 0 aliphatic heterocycles. The average Bonchev–Trinajstić information content (AvgIpc) is 2.97. The predicted molar refractivity (Wildman–Crippen MR) is 162 cm³/mol. The third-order valence-electron chi connectivity index (χ3n) is 7.58. The summed E-state index contributed by atoms with van der Waals surface area (Å²) >= 11 is 0. The fourth-order valence-corrected chi connectivity index (χ4v) is 5.45. The second-order valence-corrected chi connectivity index (χ2v) is 10.9. The normalized spacial score (nSPS) is 17.2. The van der Waals surface area contributed by atoms with E-state index in [0.29, 0.717) is 24.6 Å². The van der Waals surface area contributed by atoms with Crippen LogP contribution in [0.1, 0.15) is 36.8 Å². The molecule has 1 aliphatic carbocycles. The summed E-state index contributed by atoms with van der Waals surface area (Å²) in [5.74, 6) is 1.37. The zero-order valence-corrected chi connectivity index (χ0v) is 23.9. The summed E-state index contributed by atoms with van der Waals surface area (Å²) in [5, 5.41) is 11.7. The van der Waals surface area contributed by atoms with Crippen molar-refractivity contribution < 1.29 is 17.9 Å². The van der Waals surface area contributed by atoms with Crippen LogP contribution < -0.4 is 25.6 Å². The van der Waals surface area contributed by atoms with E-state index in [1.807, 2.05) is 49.3 Å². The van der Waals surface area contributed by atoms with Crippen molar-refractivity contribution in [3.63, 3.8) is 0 Å². The summed E-state index contributed by atoms with van der Waals surface area (Å²) in [5.41, 5.74) is 4.08. The zero-order chi connectivity index (χ0) is 29.5. The van der Waals surface area contributed by atoms with Gasteiger partial charge in [0.1, 0.15) is 11.6 Å². The Kier molecular flexibility index (Phi) is 9.31. The van der Waals surface area contributed by atoms with Crippen LogP contribution in [0.3, 0.4) is 0 Å². The third-order valence-corrected chi connectivity index (χ3v) is 7.58. The van der Waals surface area contributed by atoms with Crippen LogP contribution >= 0.6 is 0 Å². The van der Waals surface area contributed by atoms with Crippen LogP contribution in [0.2, 0.25) is 0 Å². The Morgan fingerprint density at radius 2 is 1.50 bits per heavy atom. The minimum atomic E-state index is -4.69. The van der Waals surface area contributed by atoms with E-state index in [1.165, 1.54) is 17.7 Å². The maximum atomic E-state index is 12.4. The van der Waals surface area contributed by atoms with Gasteiger partial charge >= 0.3 is 6.36 Å². The second-order valence-electron chi connectivity index (χ2n) is 10.9. The minimum absolute atomic E-state index is 0.232. The highest BCUT2D eigenvalue weighted by atomic mass is 19.4. The molecule has 0 radical (unpaired) electrons. The van der Waals surface area contributed by atoms with E-state index in [0.717, 1.165) is 66.6 Å².